The molecule has 0 rings (SSSR count). The number of esters is 1. The lowest BCUT2D eigenvalue weighted by molar-refractivity contribution is -0.157. The highest BCUT2D eigenvalue weighted by Gasteiger charge is 2.25. The van der Waals surface area contributed by atoms with Crippen molar-refractivity contribution >= 4 is 5.97 Å². The van der Waals surface area contributed by atoms with Crippen molar-refractivity contribution in [3.8, 4) is 0 Å². The third-order valence-corrected chi connectivity index (χ3v) is 2.88. The molecule has 0 fully saturated rings. The SMILES string of the molecule is CC(C)[C@H](C)[C@H](CO)CC(=O)OC(C)(C)C. The van der Waals surface area contributed by atoms with Gasteiger partial charge in [0.15, 0.2) is 0 Å². The standard InChI is InChI=1S/C13H26O3/c1-9(2)10(3)11(8-14)7-12(15)16-13(4,5)6/h9-11,14H,7-8H2,1-6H3/t10-,11-/m0/s1. The minimum absolute atomic E-state index is 0.00477. The minimum atomic E-state index is -0.446. The zero-order valence-corrected chi connectivity index (χ0v) is 11.4. The molecular formula is C13H26O3. The Hall–Kier alpha value is -0.570. The normalized spacial score (nSPS) is 16.0. The van der Waals surface area contributed by atoms with Crippen LogP contribution in [0.1, 0.15) is 48.0 Å². The van der Waals surface area contributed by atoms with E-state index in [0.29, 0.717) is 18.3 Å². The molecule has 0 amide bonds. The smallest absolute Gasteiger partial charge is 0.306 e. The molecule has 0 saturated carbocycles. The summed E-state index contributed by atoms with van der Waals surface area (Å²) in [6.45, 7) is 11.9. The summed E-state index contributed by atoms with van der Waals surface area (Å²) >= 11 is 0. The molecule has 0 aliphatic heterocycles. The summed E-state index contributed by atoms with van der Waals surface area (Å²) in [7, 11) is 0. The molecular weight excluding hydrogens is 204 g/mol. The Labute approximate surface area is 99.2 Å². The van der Waals surface area contributed by atoms with Crippen LogP contribution in [0.3, 0.4) is 0 Å². The van der Waals surface area contributed by atoms with E-state index in [1.165, 1.54) is 0 Å². The molecule has 3 heteroatoms. The summed E-state index contributed by atoms with van der Waals surface area (Å²) < 4.78 is 5.25. The van der Waals surface area contributed by atoms with Gasteiger partial charge in [0.25, 0.3) is 0 Å². The highest BCUT2D eigenvalue weighted by atomic mass is 16.6. The average Bonchev–Trinajstić information content (AvgIpc) is 2.09. The van der Waals surface area contributed by atoms with E-state index in [-0.39, 0.29) is 18.5 Å². The number of carbonyl (C=O) groups is 1. The second kappa shape index (κ2) is 6.24. The lowest BCUT2D eigenvalue weighted by atomic mass is 9.83. The van der Waals surface area contributed by atoms with Crippen LogP contribution in [0, 0.1) is 17.8 Å². The van der Waals surface area contributed by atoms with Crippen LogP contribution in [-0.4, -0.2) is 23.3 Å². The predicted molar refractivity (Wildman–Crippen MR) is 65.0 cm³/mol. The topological polar surface area (TPSA) is 46.5 Å². The van der Waals surface area contributed by atoms with E-state index >= 15 is 0 Å². The molecule has 0 aromatic heterocycles. The fraction of sp³-hybridized carbons (Fsp3) is 0.923. The Morgan fingerprint density at radius 2 is 1.75 bits per heavy atom. The van der Waals surface area contributed by atoms with Crippen molar-refractivity contribution < 1.29 is 14.6 Å². The predicted octanol–water partition coefficient (Wildman–Crippen LogP) is 2.62. The number of aliphatic hydroxyl groups excluding tert-OH is 1. The molecule has 0 heterocycles. The van der Waals surface area contributed by atoms with E-state index < -0.39 is 5.60 Å². The van der Waals surface area contributed by atoms with Crippen LogP contribution in [0.5, 0.6) is 0 Å². The number of carbonyl (C=O) groups excluding carboxylic acids is 1. The largest absolute Gasteiger partial charge is 0.460 e. The summed E-state index contributed by atoms with van der Waals surface area (Å²) in [6, 6.07) is 0. The highest BCUT2D eigenvalue weighted by molar-refractivity contribution is 5.70. The van der Waals surface area contributed by atoms with Crippen LogP contribution in [0.2, 0.25) is 0 Å². The maximum Gasteiger partial charge on any atom is 0.306 e. The molecule has 2 atom stereocenters. The van der Waals surface area contributed by atoms with Crippen molar-refractivity contribution in [1.29, 1.82) is 0 Å². The lowest BCUT2D eigenvalue weighted by Gasteiger charge is -2.26. The summed E-state index contributed by atoms with van der Waals surface area (Å²) in [5.74, 6) is 0.547. The second-order valence-corrected chi connectivity index (χ2v) is 5.84. The third-order valence-electron chi connectivity index (χ3n) is 2.88. The molecule has 0 aromatic carbocycles. The molecule has 0 unspecified atom stereocenters. The van der Waals surface area contributed by atoms with Crippen molar-refractivity contribution in [3.05, 3.63) is 0 Å². The molecule has 0 saturated heterocycles. The first-order valence-corrected chi connectivity index (χ1v) is 6.00. The summed E-state index contributed by atoms with van der Waals surface area (Å²) in [6.07, 6.45) is 0.299. The Bertz CT molecular complexity index is 216. The quantitative estimate of drug-likeness (QED) is 0.738. The molecule has 0 aliphatic carbocycles. The van der Waals surface area contributed by atoms with Crippen molar-refractivity contribution in [2.75, 3.05) is 6.61 Å². The maximum absolute atomic E-state index is 11.6. The first kappa shape index (κ1) is 15.4. The van der Waals surface area contributed by atoms with Gasteiger partial charge in [0.1, 0.15) is 5.60 Å². The van der Waals surface area contributed by atoms with Crippen molar-refractivity contribution in [2.24, 2.45) is 17.8 Å². The van der Waals surface area contributed by atoms with Gasteiger partial charge in [-0.05, 0) is 38.5 Å². The van der Waals surface area contributed by atoms with E-state index in [1.807, 2.05) is 20.8 Å². The number of aliphatic hydroxyl groups is 1. The fourth-order valence-corrected chi connectivity index (χ4v) is 1.56. The van der Waals surface area contributed by atoms with Crippen LogP contribution in [0.25, 0.3) is 0 Å². The zero-order valence-electron chi connectivity index (χ0n) is 11.4. The van der Waals surface area contributed by atoms with E-state index in [1.54, 1.807) is 0 Å². The van der Waals surface area contributed by atoms with Crippen LogP contribution < -0.4 is 0 Å². The number of ether oxygens (including phenoxy) is 1. The van der Waals surface area contributed by atoms with E-state index in [0.717, 1.165) is 0 Å². The molecule has 0 aliphatic rings. The number of hydrogen-bond acceptors (Lipinski definition) is 3. The molecule has 0 spiro atoms. The molecule has 0 radical (unpaired) electrons. The Balaban J connectivity index is 4.28. The molecule has 0 bridgehead atoms. The van der Waals surface area contributed by atoms with Gasteiger partial charge < -0.3 is 9.84 Å². The van der Waals surface area contributed by atoms with E-state index in [4.69, 9.17) is 4.74 Å². The van der Waals surface area contributed by atoms with Gasteiger partial charge in [-0.2, -0.15) is 0 Å². The van der Waals surface area contributed by atoms with Crippen molar-refractivity contribution in [2.45, 2.75) is 53.6 Å². The lowest BCUT2D eigenvalue weighted by Crippen LogP contribution is -2.29. The van der Waals surface area contributed by atoms with Crippen LogP contribution >= 0.6 is 0 Å². The molecule has 16 heavy (non-hydrogen) atoms. The summed E-state index contributed by atoms with van der Waals surface area (Å²) in [4.78, 5) is 11.6. The number of hydrogen-bond donors (Lipinski definition) is 1. The fourth-order valence-electron chi connectivity index (χ4n) is 1.56. The van der Waals surface area contributed by atoms with Gasteiger partial charge in [-0.15, -0.1) is 0 Å². The van der Waals surface area contributed by atoms with Crippen LogP contribution in [0.4, 0.5) is 0 Å². The monoisotopic (exact) mass is 230 g/mol. The van der Waals surface area contributed by atoms with Crippen molar-refractivity contribution in [3.63, 3.8) is 0 Å². The molecule has 3 nitrogen and oxygen atoms in total. The first-order chi connectivity index (χ1) is 7.17. The van der Waals surface area contributed by atoms with Crippen LogP contribution in [0.15, 0.2) is 0 Å². The molecule has 1 N–H and O–H groups in total. The first-order valence-electron chi connectivity index (χ1n) is 6.00. The average molecular weight is 230 g/mol. The van der Waals surface area contributed by atoms with E-state index in [9.17, 15) is 9.90 Å². The van der Waals surface area contributed by atoms with Gasteiger partial charge >= 0.3 is 5.97 Å². The number of rotatable bonds is 5. The van der Waals surface area contributed by atoms with Gasteiger partial charge in [0.2, 0.25) is 0 Å². The van der Waals surface area contributed by atoms with Gasteiger partial charge in [-0.25, -0.2) is 0 Å². The second-order valence-electron chi connectivity index (χ2n) is 5.84. The zero-order chi connectivity index (χ0) is 12.9. The highest BCUT2D eigenvalue weighted by Crippen LogP contribution is 2.24. The van der Waals surface area contributed by atoms with Gasteiger partial charge in [-0.3, -0.25) is 4.79 Å². The Kier molecular flexibility index (Phi) is 6.01. The van der Waals surface area contributed by atoms with Crippen LogP contribution in [-0.2, 0) is 9.53 Å². The maximum atomic E-state index is 11.6. The third kappa shape index (κ3) is 6.11. The molecule has 96 valence electrons. The van der Waals surface area contributed by atoms with Crippen molar-refractivity contribution in [1.82, 2.24) is 0 Å². The Morgan fingerprint density at radius 1 is 1.25 bits per heavy atom. The van der Waals surface area contributed by atoms with Gasteiger partial charge in [-0.1, -0.05) is 20.8 Å². The van der Waals surface area contributed by atoms with Gasteiger partial charge in [0.05, 0.1) is 6.42 Å². The van der Waals surface area contributed by atoms with Gasteiger partial charge in [0, 0.05) is 6.61 Å². The Morgan fingerprint density at radius 3 is 2.06 bits per heavy atom. The minimum Gasteiger partial charge on any atom is -0.460 e. The summed E-state index contributed by atoms with van der Waals surface area (Å²) in [5, 5.41) is 9.28. The summed E-state index contributed by atoms with van der Waals surface area (Å²) in [5.41, 5.74) is -0.446. The molecule has 0 aromatic rings. The van der Waals surface area contributed by atoms with E-state index in [2.05, 4.69) is 20.8 Å².